The third-order valence-electron chi connectivity index (χ3n) is 6.98. The van der Waals surface area contributed by atoms with Gasteiger partial charge in [0.15, 0.2) is 0 Å². The van der Waals surface area contributed by atoms with Crippen LogP contribution in [0.1, 0.15) is 36.9 Å². The first-order valence-corrected chi connectivity index (χ1v) is 14.5. The molecule has 0 spiro atoms. The van der Waals surface area contributed by atoms with E-state index in [1.54, 1.807) is 7.11 Å². The molecule has 4 rings (SSSR count). The second kappa shape index (κ2) is 18.1. The number of nitrogens with one attached hydrogen (secondary N) is 2. The van der Waals surface area contributed by atoms with Gasteiger partial charge >= 0.3 is 17.9 Å². The predicted molar refractivity (Wildman–Crippen MR) is 166 cm³/mol. The minimum atomic E-state index is -1.26. The molecule has 1 aliphatic heterocycles. The van der Waals surface area contributed by atoms with E-state index in [0.29, 0.717) is 37.5 Å². The van der Waals surface area contributed by atoms with Gasteiger partial charge in [-0.3, -0.25) is 0 Å². The largest absolute Gasteiger partial charge is 0.480 e. The first-order valence-electron chi connectivity index (χ1n) is 14.5. The van der Waals surface area contributed by atoms with Crippen molar-refractivity contribution < 1.29 is 34.4 Å². The van der Waals surface area contributed by atoms with Gasteiger partial charge < -0.3 is 35.6 Å². The van der Waals surface area contributed by atoms with Crippen molar-refractivity contribution in [3.63, 3.8) is 0 Å². The molecule has 44 heavy (non-hydrogen) atoms. The van der Waals surface area contributed by atoms with Crippen LogP contribution in [0.3, 0.4) is 0 Å². The van der Waals surface area contributed by atoms with Crippen molar-refractivity contribution in [2.24, 2.45) is 0 Å². The summed E-state index contributed by atoms with van der Waals surface area (Å²) in [6.07, 6.45) is 8.28. The van der Waals surface area contributed by atoms with Crippen LogP contribution in [0.2, 0.25) is 0 Å². The number of para-hydroxylation sites is 1. The maximum atomic E-state index is 12.0. The minimum Gasteiger partial charge on any atom is -0.480 e. The molecule has 0 radical (unpaired) electrons. The normalized spacial score (nSPS) is 13.0. The molecule has 3 aromatic rings. The number of aryl methyl sites for hydroxylation is 2. The van der Waals surface area contributed by atoms with Crippen molar-refractivity contribution >= 4 is 40.4 Å². The van der Waals surface area contributed by atoms with Gasteiger partial charge in [0, 0.05) is 50.0 Å². The summed E-state index contributed by atoms with van der Waals surface area (Å²) < 4.78 is 5.29. The van der Waals surface area contributed by atoms with Crippen LogP contribution in [0.5, 0.6) is 0 Å². The third-order valence-corrected chi connectivity index (χ3v) is 6.98. The Morgan fingerprint density at radius 2 is 1.80 bits per heavy atom. The summed E-state index contributed by atoms with van der Waals surface area (Å²) in [6.45, 7) is 3.91. The molecule has 0 amide bonds. The van der Waals surface area contributed by atoms with Crippen molar-refractivity contribution in [2.75, 3.05) is 50.5 Å². The van der Waals surface area contributed by atoms with Gasteiger partial charge in [-0.05, 0) is 68.8 Å². The molecule has 1 aliphatic rings. The maximum Gasteiger partial charge on any atom is 0.328 e. The number of aliphatic carboxylic acids is 3. The smallest absolute Gasteiger partial charge is 0.328 e. The first kappa shape index (κ1) is 33.9. The number of unbranched alkanes of at least 4 members (excludes halogenated alkanes) is 1. The fraction of sp³-hybridized carbons (Fsp3) is 0.419. The summed E-state index contributed by atoms with van der Waals surface area (Å²) in [5.74, 6) is -1.82. The summed E-state index contributed by atoms with van der Waals surface area (Å²) in [6, 6.07) is 11.2. The van der Waals surface area contributed by atoms with Crippen LogP contribution in [0.25, 0.3) is 10.9 Å². The average Bonchev–Trinajstić information content (AvgIpc) is 3.02. The number of aromatic nitrogens is 3. The van der Waals surface area contributed by atoms with E-state index in [4.69, 9.17) is 19.9 Å². The fourth-order valence-electron chi connectivity index (χ4n) is 4.70. The predicted octanol–water partition coefficient (Wildman–Crippen LogP) is 3.32. The summed E-state index contributed by atoms with van der Waals surface area (Å²) >= 11 is 0. The number of rotatable bonds is 16. The molecule has 2 aromatic heterocycles. The average molecular weight is 609 g/mol. The number of methoxy groups -OCH3 is 1. The number of carboxylic acids is 3. The Labute approximate surface area is 256 Å². The van der Waals surface area contributed by atoms with E-state index < -0.39 is 23.9 Å². The summed E-state index contributed by atoms with van der Waals surface area (Å²) in [5.41, 5.74) is 3.22. The van der Waals surface area contributed by atoms with Crippen LogP contribution < -0.4 is 10.6 Å². The number of anilines is 2. The van der Waals surface area contributed by atoms with Crippen molar-refractivity contribution in [3.8, 4) is 0 Å². The molecular weight excluding hydrogens is 568 g/mol. The highest BCUT2D eigenvalue weighted by Crippen LogP contribution is 2.21. The lowest BCUT2D eigenvalue weighted by molar-refractivity contribution is -0.138. The highest BCUT2D eigenvalue weighted by Gasteiger charge is 2.20. The lowest BCUT2D eigenvalue weighted by Crippen LogP contribution is -2.37. The Hall–Kier alpha value is -4.62. The SMILES string of the molecule is COCCN(CCCCc1ccc2c(n1)NCCC2)CC[C@H](Nc1ncnc2ccccc12)C(=O)O.O=C(O)/C=C/C(=O)O. The van der Waals surface area contributed by atoms with Gasteiger partial charge in [0.05, 0.1) is 12.1 Å². The van der Waals surface area contributed by atoms with E-state index in [2.05, 4.69) is 37.6 Å². The van der Waals surface area contributed by atoms with E-state index in [-0.39, 0.29) is 0 Å². The zero-order valence-corrected chi connectivity index (χ0v) is 24.8. The van der Waals surface area contributed by atoms with Crippen LogP contribution in [0.4, 0.5) is 11.6 Å². The van der Waals surface area contributed by atoms with Crippen molar-refractivity contribution in [1.29, 1.82) is 0 Å². The number of fused-ring (bicyclic) bond motifs is 2. The van der Waals surface area contributed by atoms with E-state index in [1.165, 1.54) is 18.3 Å². The van der Waals surface area contributed by atoms with Gasteiger partial charge in [0.25, 0.3) is 0 Å². The molecule has 0 saturated carbocycles. The van der Waals surface area contributed by atoms with E-state index >= 15 is 0 Å². The van der Waals surface area contributed by atoms with Gasteiger partial charge in [-0.25, -0.2) is 29.3 Å². The lowest BCUT2D eigenvalue weighted by atomic mass is 10.1. The molecule has 0 unspecified atom stereocenters. The van der Waals surface area contributed by atoms with Crippen LogP contribution in [-0.4, -0.2) is 99.0 Å². The van der Waals surface area contributed by atoms with Crippen LogP contribution in [0, 0.1) is 0 Å². The maximum absolute atomic E-state index is 12.0. The molecule has 13 nitrogen and oxygen atoms in total. The van der Waals surface area contributed by atoms with E-state index in [9.17, 15) is 19.5 Å². The Morgan fingerprint density at radius 3 is 2.52 bits per heavy atom. The highest BCUT2D eigenvalue weighted by atomic mass is 16.5. The number of hydrogen-bond donors (Lipinski definition) is 5. The molecule has 5 N–H and O–H groups in total. The molecule has 236 valence electrons. The lowest BCUT2D eigenvalue weighted by Gasteiger charge is -2.24. The minimum absolute atomic E-state index is 0.454. The molecule has 0 aliphatic carbocycles. The molecule has 1 aromatic carbocycles. The van der Waals surface area contributed by atoms with Crippen molar-refractivity contribution in [1.82, 2.24) is 19.9 Å². The number of pyridine rings is 1. The first-order chi connectivity index (χ1) is 21.3. The van der Waals surface area contributed by atoms with Crippen LogP contribution in [0.15, 0.2) is 54.9 Å². The second-order valence-electron chi connectivity index (χ2n) is 10.2. The molecule has 0 fully saturated rings. The third kappa shape index (κ3) is 11.6. The Morgan fingerprint density at radius 1 is 1.02 bits per heavy atom. The number of ether oxygens (including phenoxy) is 1. The van der Waals surface area contributed by atoms with Crippen LogP contribution in [-0.2, 0) is 32.0 Å². The van der Waals surface area contributed by atoms with E-state index in [0.717, 1.165) is 67.7 Å². The van der Waals surface area contributed by atoms with Crippen molar-refractivity contribution in [3.05, 3.63) is 66.1 Å². The summed E-state index contributed by atoms with van der Waals surface area (Å²) in [5, 5.41) is 32.8. The van der Waals surface area contributed by atoms with Crippen LogP contribution >= 0.6 is 0 Å². The quantitative estimate of drug-likeness (QED) is 0.118. The second-order valence-corrected chi connectivity index (χ2v) is 10.2. The summed E-state index contributed by atoms with van der Waals surface area (Å²) in [4.78, 5) is 46.8. The zero-order chi connectivity index (χ0) is 31.7. The molecule has 0 bridgehead atoms. The molecular formula is C31H40N6O7. The van der Waals surface area contributed by atoms with E-state index in [1.807, 2.05) is 24.3 Å². The number of hydrogen-bond acceptors (Lipinski definition) is 10. The number of carboxylic acid groups (broad SMARTS) is 3. The number of carbonyl (C=O) groups is 3. The Balaban J connectivity index is 0.000000583. The van der Waals surface area contributed by atoms with Gasteiger partial charge in [-0.2, -0.15) is 0 Å². The number of nitrogens with zero attached hydrogens (tertiary/aromatic N) is 4. The molecule has 1 atom stereocenters. The fourth-order valence-corrected chi connectivity index (χ4v) is 4.70. The van der Waals surface area contributed by atoms with Gasteiger partial charge in [0.2, 0.25) is 0 Å². The highest BCUT2D eigenvalue weighted by molar-refractivity contribution is 5.91. The summed E-state index contributed by atoms with van der Waals surface area (Å²) in [7, 11) is 1.69. The Kier molecular flexibility index (Phi) is 14.0. The molecule has 13 heteroatoms. The standard InChI is InChI=1S/C27H36N6O3.C4H4O4/c1-36-18-17-33(15-5-4-8-21-12-11-20-7-6-14-28-25(20)31-21)16-13-24(27(34)35)32-26-22-9-2-3-10-23(22)29-19-30-26;5-3(6)1-2-4(7)8/h2-3,9-12,19,24H,4-8,13-18H2,1H3,(H,28,31)(H,34,35)(H,29,30,32);1-2H,(H,5,6)(H,7,8)/b;2-1+/t24-;/m0./s1. The van der Waals surface area contributed by atoms with Gasteiger partial charge in [-0.1, -0.05) is 18.2 Å². The van der Waals surface area contributed by atoms with Gasteiger partial charge in [-0.15, -0.1) is 0 Å². The molecule has 3 heterocycles. The van der Waals surface area contributed by atoms with Crippen molar-refractivity contribution in [2.45, 2.75) is 44.6 Å². The topological polar surface area (TPSA) is 187 Å². The monoisotopic (exact) mass is 608 g/mol. The Bertz CT molecular complexity index is 1400. The zero-order valence-electron chi connectivity index (χ0n) is 24.8. The molecule has 0 saturated heterocycles. The van der Waals surface area contributed by atoms with Gasteiger partial charge in [0.1, 0.15) is 24.0 Å². The number of benzene rings is 1.